The molecule has 4 amide bonds. The zero-order valence-corrected chi connectivity index (χ0v) is 18.3. The van der Waals surface area contributed by atoms with E-state index in [1.807, 2.05) is 0 Å². The Morgan fingerprint density at radius 1 is 0.750 bits per heavy atom. The second kappa shape index (κ2) is 16.9. The monoisotopic (exact) mass is 459 g/mol. The number of aliphatic carboxylic acids is 1. The molecule has 13 heteroatoms. The molecule has 0 spiro atoms. The maximum absolute atomic E-state index is 12.8. The van der Waals surface area contributed by atoms with Crippen molar-refractivity contribution in [2.45, 2.75) is 69.5 Å². The van der Waals surface area contributed by atoms with E-state index in [0.29, 0.717) is 45.2 Å². The van der Waals surface area contributed by atoms with Gasteiger partial charge in [-0.2, -0.15) is 0 Å². The molecule has 0 saturated carbocycles. The molecule has 0 aliphatic heterocycles. The fourth-order valence-corrected chi connectivity index (χ4v) is 2.79. The molecule has 0 aromatic rings. The highest BCUT2D eigenvalue weighted by Crippen LogP contribution is 2.06. The summed E-state index contributed by atoms with van der Waals surface area (Å²) >= 11 is 0. The maximum Gasteiger partial charge on any atom is 0.322 e. The Morgan fingerprint density at radius 3 is 1.81 bits per heavy atom. The molecule has 0 bridgehead atoms. The minimum absolute atomic E-state index is 0.130. The Morgan fingerprint density at radius 2 is 1.28 bits per heavy atom. The van der Waals surface area contributed by atoms with Gasteiger partial charge in [0.25, 0.3) is 0 Å². The van der Waals surface area contributed by atoms with Gasteiger partial charge >= 0.3 is 5.97 Å². The largest absolute Gasteiger partial charge is 0.480 e. The minimum atomic E-state index is -1.27. The van der Waals surface area contributed by atoms with Crippen molar-refractivity contribution in [3.05, 3.63) is 0 Å². The number of nitrogens with one attached hydrogen (secondary N) is 3. The summed E-state index contributed by atoms with van der Waals surface area (Å²) in [6, 6.07) is -3.02. The molecule has 0 rings (SSSR count). The Bertz CT molecular complexity index is 631. The Kier molecular flexibility index (Phi) is 15.4. The van der Waals surface area contributed by atoms with Crippen LogP contribution in [0.1, 0.15) is 51.4 Å². The van der Waals surface area contributed by atoms with Crippen LogP contribution in [0.4, 0.5) is 0 Å². The van der Waals surface area contributed by atoms with Crippen LogP contribution in [0.2, 0.25) is 0 Å². The topological polar surface area (TPSA) is 246 Å². The molecular formula is C19H37N7O6. The Labute approximate surface area is 187 Å². The van der Waals surface area contributed by atoms with E-state index in [9.17, 15) is 24.0 Å². The van der Waals surface area contributed by atoms with Gasteiger partial charge in [0, 0.05) is 6.42 Å². The number of hydrogen-bond acceptors (Lipinski definition) is 8. The van der Waals surface area contributed by atoms with Gasteiger partial charge in [-0.1, -0.05) is 6.42 Å². The van der Waals surface area contributed by atoms with Gasteiger partial charge in [0.05, 0.1) is 6.04 Å². The van der Waals surface area contributed by atoms with Gasteiger partial charge in [0.2, 0.25) is 23.6 Å². The van der Waals surface area contributed by atoms with Crippen LogP contribution in [0.15, 0.2) is 0 Å². The number of amides is 4. The van der Waals surface area contributed by atoms with Crippen LogP contribution in [0.5, 0.6) is 0 Å². The van der Waals surface area contributed by atoms with E-state index >= 15 is 0 Å². The lowest BCUT2D eigenvalue weighted by Crippen LogP contribution is -2.56. The average molecular weight is 460 g/mol. The lowest BCUT2D eigenvalue weighted by atomic mass is 10.0. The number of rotatable bonds is 18. The number of hydrogen-bond donors (Lipinski definition) is 8. The number of carbonyl (C=O) groups is 5. The van der Waals surface area contributed by atoms with Gasteiger partial charge in [-0.15, -0.1) is 0 Å². The molecule has 0 saturated heterocycles. The van der Waals surface area contributed by atoms with Crippen LogP contribution in [0.3, 0.4) is 0 Å². The van der Waals surface area contributed by atoms with E-state index in [0.717, 1.165) is 0 Å². The SMILES string of the molecule is NCCCC[C@H](NC(=O)[C@@H](N)CCCCN)C(=O)N[C@@H](CCC(N)=O)C(=O)NCC(=O)O. The first-order valence-electron chi connectivity index (χ1n) is 10.7. The number of nitrogens with two attached hydrogens (primary N) is 4. The number of primary amides is 1. The van der Waals surface area contributed by atoms with Gasteiger partial charge in [0.15, 0.2) is 0 Å². The van der Waals surface area contributed by atoms with Crippen molar-refractivity contribution < 1.29 is 29.1 Å². The van der Waals surface area contributed by atoms with Crippen molar-refractivity contribution in [2.24, 2.45) is 22.9 Å². The maximum atomic E-state index is 12.8. The highest BCUT2D eigenvalue weighted by Gasteiger charge is 2.28. The highest BCUT2D eigenvalue weighted by molar-refractivity contribution is 5.93. The van der Waals surface area contributed by atoms with Gasteiger partial charge in [-0.05, 0) is 51.6 Å². The third-order valence-electron chi connectivity index (χ3n) is 4.61. The molecular weight excluding hydrogens is 422 g/mol. The van der Waals surface area contributed by atoms with Gasteiger partial charge < -0.3 is 44.0 Å². The summed E-state index contributed by atoms with van der Waals surface area (Å²) < 4.78 is 0. The first-order chi connectivity index (χ1) is 15.1. The van der Waals surface area contributed by atoms with Crippen molar-refractivity contribution in [2.75, 3.05) is 19.6 Å². The summed E-state index contributed by atoms with van der Waals surface area (Å²) in [7, 11) is 0. The Hall–Kier alpha value is -2.77. The van der Waals surface area contributed by atoms with Gasteiger partial charge in [-0.3, -0.25) is 24.0 Å². The van der Waals surface area contributed by atoms with Gasteiger partial charge in [-0.25, -0.2) is 0 Å². The van der Waals surface area contributed by atoms with E-state index in [4.69, 9.17) is 28.0 Å². The number of unbranched alkanes of at least 4 members (excludes halogenated alkanes) is 2. The second-order valence-corrected chi connectivity index (χ2v) is 7.41. The second-order valence-electron chi connectivity index (χ2n) is 7.41. The predicted molar refractivity (Wildman–Crippen MR) is 117 cm³/mol. The third-order valence-corrected chi connectivity index (χ3v) is 4.61. The van der Waals surface area contributed by atoms with Crippen molar-refractivity contribution in [3.8, 4) is 0 Å². The van der Waals surface area contributed by atoms with Crippen molar-refractivity contribution in [3.63, 3.8) is 0 Å². The van der Waals surface area contributed by atoms with E-state index in [1.54, 1.807) is 0 Å². The van der Waals surface area contributed by atoms with Gasteiger partial charge in [0.1, 0.15) is 18.6 Å². The van der Waals surface area contributed by atoms with E-state index in [1.165, 1.54) is 0 Å². The summed E-state index contributed by atoms with van der Waals surface area (Å²) in [5, 5.41) is 15.9. The first kappa shape index (κ1) is 29.2. The molecule has 3 atom stereocenters. The number of carboxylic acids is 1. The van der Waals surface area contributed by atoms with Crippen LogP contribution < -0.4 is 38.9 Å². The zero-order chi connectivity index (χ0) is 24.5. The third kappa shape index (κ3) is 13.5. The normalized spacial score (nSPS) is 13.5. The molecule has 13 nitrogen and oxygen atoms in total. The lowest BCUT2D eigenvalue weighted by molar-refractivity contribution is -0.138. The molecule has 12 N–H and O–H groups in total. The highest BCUT2D eigenvalue weighted by atomic mass is 16.4. The molecule has 0 unspecified atom stereocenters. The fourth-order valence-electron chi connectivity index (χ4n) is 2.79. The zero-order valence-electron chi connectivity index (χ0n) is 18.3. The standard InChI is InChI=1S/C19H37N7O6/c20-9-3-1-5-12(22)17(30)25-13(6-2-4-10-21)19(32)26-14(7-8-15(23)27)18(31)24-11-16(28)29/h12-14H,1-11,20-22H2,(H2,23,27)(H,24,31)(H,25,30)(H,26,32)(H,28,29)/t12-,13-,14-/m0/s1. The molecule has 0 aromatic heterocycles. The average Bonchev–Trinajstić information content (AvgIpc) is 2.73. The number of carbonyl (C=O) groups excluding carboxylic acids is 4. The van der Waals surface area contributed by atoms with Crippen LogP contribution >= 0.6 is 0 Å². The van der Waals surface area contributed by atoms with Crippen LogP contribution in [-0.2, 0) is 24.0 Å². The van der Waals surface area contributed by atoms with Crippen LogP contribution in [-0.4, -0.2) is 72.5 Å². The smallest absolute Gasteiger partial charge is 0.322 e. The quantitative estimate of drug-likeness (QED) is 0.0972. The summed E-state index contributed by atoms with van der Waals surface area (Å²) in [5.41, 5.74) is 21.9. The van der Waals surface area contributed by atoms with E-state index in [2.05, 4.69) is 16.0 Å². The summed E-state index contributed by atoms with van der Waals surface area (Å²) in [5.74, 6) is -3.92. The fraction of sp³-hybridized carbons (Fsp3) is 0.737. The van der Waals surface area contributed by atoms with Crippen LogP contribution in [0.25, 0.3) is 0 Å². The summed E-state index contributed by atoms with van der Waals surface area (Å²) in [6.07, 6.45) is 2.85. The molecule has 0 aromatic carbocycles. The molecule has 32 heavy (non-hydrogen) atoms. The number of carboxylic acid groups (broad SMARTS) is 1. The lowest BCUT2D eigenvalue weighted by Gasteiger charge is -2.24. The van der Waals surface area contributed by atoms with E-state index in [-0.39, 0.29) is 19.3 Å². The minimum Gasteiger partial charge on any atom is -0.480 e. The van der Waals surface area contributed by atoms with Crippen molar-refractivity contribution >= 4 is 29.6 Å². The summed E-state index contributed by atoms with van der Waals surface area (Å²) in [6.45, 7) is 0.227. The molecule has 0 radical (unpaired) electrons. The Balaban J connectivity index is 5.22. The molecule has 0 heterocycles. The molecule has 0 fully saturated rings. The van der Waals surface area contributed by atoms with E-state index < -0.39 is 54.3 Å². The first-order valence-corrected chi connectivity index (χ1v) is 10.7. The van der Waals surface area contributed by atoms with Crippen LogP contribution in [0, 0.1) is 0 Å². The van der Waals surface area contributed by atoms with Crippen molar-refractivity contribution in [1.82, 2.24) is 16.0 Å². The van der Waals surface area contributed by atoms with Crippen molar-refractivity contribution in [1.29, 1.82) is 0 Å². The summed E-state index contributed by atoms with van der Waals surface area (Å²) in [4.78, 5) is 59.3. The molecule has 184 valence electrons. The predicted octanol–water partition coefficient (Wildman–Crippen LogP) is -2.99. The molecule has 0 aliphatic carbocycles. The molecule has 0 aliphatic rings.